The fourth-order valence-corrected chi connectivity index (χ4v) is 2.54. The second-order valence-corrected chi connectivity index (χ2v) is 5.17. The summed E-state index contributed by atoms with van der Waals surface area (Å²) in [6, 6.07) is 0. The molecule has 0 aromatic carbocycles. The van der Waals surface area contributed by atoms with Crippen molar-refractivity contribution in [1.82, 2.24) is 20.1 Å². The molecule has 0 aliphatic carbocycles. The quantitative estimate of drug-likeness (QED) is 0.793. The van der Waals surface area contributed by atoms with E-state index in [0.29, 0.717) is 0 Å². The van der Waals surface area contributed by atoms with Gasteiger partial charge in [0, 0.05) is 13.0 Å². The van der Waals surface area contributed by atoms with Crippen LogP contribution in [0.15, 0.2) is 0 Å². The Morgan fingerprint density at radius 3 is 2.84 bits per heavy atom. The summed E-state index contributed by atoms with van der Waals surface area (Å²) in [4.78, 5) is 15.4. The first kappa shape index (κ1) is 14.0. The molecule has 2 rings (SSSR count). The maximum Gasteiger partial charge on any atom is 0.288 e. The fourth-order valence-electron chi connectivity index (χ4n) is 2.54. The number of aryl methyl sites for hydroxylation is 2. The SMILES string of the molecule is CCCc1nc(C(N)=O)nn1CCC1CCNCC1. The van der Waals surface area contributed by atoms with Crippen molar-refractivity contribution < 1.29 is 4.79 Å². The van der Waals surface area contributed by atoms with Crippen molar-refractivity contribution in [1.29, 1.82) is 0 Å². The highest BCUT2D eigenvalue weighted by Crippen LogP contribution is 2.17. The topological polar surface area (TPSA) is 85.8 Å². The number of nitrogens with one attached hydrogen (secondary N) is 1. The van der Waals surface area contributed by atoms with E-state index in [0.717, 1.165) is 50.6 Å². The number of aromatic nitrogens is 3. The summed E-state index contributed by atoms with van der Waals surface area (Å²) in [5.41, 5.74) is 5.25. The molecule has 6 heteroatoms. The van der Waals surface area contributed by atoms with Gasteiger partial charge < -0.3 is 11.1 Å². The van der Waals surface area contributed by atoms with Crippen molar-refractivity contribution in [3.05, 3.63) is 11.6 Å². The summed E-state index contributed by atoms with van der Waals surface area (Å²) in [5, 5.41) is 7.60. The number of hydrogen-bond acceptors (Lipinski definition) is 4. The molecule has 6 nitrogen and oxygen atoms in total. The Bertz CT molecular complexity index is 423. The normalized spacial score (nSPS) is 16.7. The van der Waals surface area contributed by atoms with Gasteiger partial charge in [-0.1, -0.05) is 6.92 Å². The average molecular weight is 265 g/mol. The van der Waals surface area contributed by atoms with E-state index in [9.17, 15) is 4.79 Å². The lowest BCUT2D eigenvalue weighted by molar-refractivity contribution is 0.0990. The van der Waals surface area contributed by atoms with Crippen molar-refractivity contribution in [3.8, 4) is 0 Å². The van der Waals surface area contributed by atoms with Gasteiger partial charge in [-0.25, -0.2) is 9.67 Å². The lowest BCUT2D eigenvalue weighted by Gasteiger charge is -2.22. The van der Waals surface area contributed by atoms with Crippen molar-refractivity contribution in [2.24, 2.45) is 11.7 Å². The van der Waals surface area contributed by atoms with Gasteiger partial charge in [0.05, 0.1) is 0 Å². The molecule has 2 heterocycles. The molecule has 1 fully saturated rings. The molecule has 0 radical (unpaired) electrons. The van der Waals surface area contributed by atoms with Crippen molar-refractivity contribution in [2.75, 3.05) is 13.1 Å². The van der Waals surface area contributed by atoms with Crippen LogP contribution in [0.2, 0.25) is 0 Å². The minimum atomic E-state index is -0.544. The van der Waals surface area contributed by atoms with E-state index in [-0.39, 0.29) is 5.82 Å². The van der Waals surface area contributed by atoms with Gasteiger partial charge in [0.15, 0.2) is 0 Å². The van der Waals surface area contributed by atoms with Crippen LogP contribution in [-0.2, 0) is 13.0 Å². The third-order valence-electron chi connectivity index (χ3n) is 3.65. The van der Waals surface area contributed by atoms with E-state index in [4.69, 9.17) is 5.73 Å². The predicted octanol–water partition coefficient (Wildman–Crippen LogP) is 0.719. The molecular weight excluding hydrogens is 242 g/mol. The summed E-state index contributed by atoms with van der Waals surface area (Å²) in [6.07, 6.45) is 5.37. The van der Waals surface area contributed by atoms with E-state index in [1.54, 1.807) is 0 Å². The largest absolute Gasteiger partial charge is 0.363 e. The number of carbonyl (C=O) groups excluding carboxylic acids is 1. The van der Waals surface area contributed by atoms with Crippen LogP contribution in [0.4, 0.5) is 0 Å². The van der Waals surface area contributed by atoms with Gasteiger partial charge >= 0.3 is 0 Å². The van der Waals surface area contributed by atoms with Gasteiger partial charge in [0.1, 0.15) is 5.82 Å². The molecule has 1 amide bonds. The highest BCUT2D eigenvalue weighted by molar-refractivity contribution is 5.88. The first-order valence-electron chi connectivity index (χ1n) is 7.15. The Kier molecular flexibility index (Phi) is 4.90. The molecule has 0 spiro atoms. The van der Waals surface area contributed by atoms with Crippen molar-refractivity contribution >= 4 is 5.91 Å². The smallest absolute Gasteiger partial charge is 0.288 e. The van der Waals surface area contributed by atoms with Gasteiger partial charge in [-0.3, -0.25) is 4.79 Å². The summed E-state index contributed by atoms with van der Waals surface area (Å²) in [7, 11) is 0. The zero-order valence-electron chi connectivity index (χ0n) is 11.6. The lowest BCUT2D eigenvalue weighted by Crippen LogP contribution is -2.28. The molecule has 0 atom stereocenters. The second kappa shape index (κ2) is 6.65. The standard InChI is InChI=1S/C13H23N5O/c1-2-3-11-16-13(12(14)19)17-18(11)9-6-10-4-7-15-8-5-10/h10,15H,2-9H2,1H3,(H2,14,19). The number of primary amides is 1. The number of amides is 1. The van der Waals surface area contributed by atoms with Gasteiger partial charge in [-0.15, -0.1) is 5.10 Å². The van der Waals surface area contributed by atoms with Crippen LogP contribution < -0.4 is 11.1 Å². The Morgan fingerprint density at radius 2 is 2.21 bits per heavy atom. The first-order valence-corrected chi connectivity index (χ1v) is 7.15. The molecule has 1 aliphatic heterocycles. The molecule has 1 aromatic heterocycles. The highest BCUT2D eigenvalue weighted by Gasteiger charge is 2.16. The van der Waals surface area contributed by atoms with E-state index in [1.807, 2.05) is 4.68 Å². The molecule has 106 valence electrons. The minimum Gasteiger partial charge on any atom is -0.363 e. The summed E-state index contributed by atoms with van der Waals surface area (Å²) in [6.45, 7) is 5.14. The third-order valence-corrected chi connectivity index (χ3v) is 3.65. The molecule has 19 heavy (non-hydrogen) atoms. The number of piperidine rings is 1. The minimum absolute atomic E-state index is 0.147. The van der Waals surface area contributed by atoms with Crippen LogP contribution in [0, 0.1) is 5.92 Å². The van der Waals surface area contributed by atoms with Crippen LogP contribution >= 0.6 is 0 Å². The Morgan fingerprint density at radius 1 is 1.47 bits per heavy atom. The Balaban J connectivity index is 1.98. The molecule has 1 aromatic rings. The van der Waals surface area contributed by atoms with Crippen LogP contribution in [0.3, 0.4) is 0 Å². The highest BCUT2D eigenvalue weighted by atomic mass is 16.1. The third kappa shape index (κ3) is 3.76. The number of carbonyl (C=O) groups is 1. The monoisotopic (exact) mass is 265 g/mol. The number of nitrogens with zero attached hydrogens (tertiary/aromatic N) is 3. The zero-order chi connectivity index (χ0) is 13.7. The molecular formula is C13H23N5O. The van der Waals surface area contributed by atoms with E-state index in [1.165, 1.54) is 12.8 Å². The van der Waals surface area contributed by atoms with Gasteiger partial charge in [0.25, 0.3) is 5.91 Å². The van der Waals surface area contributed by atoms with Crippen LogP contribution in [0.25, 0.3) is 0 Å². The molecule has 1 aliphatic rings. The number of hydrogen-bond donors (Lipinski definition) is 2. The Labute approximate surface area is 113 Å². The first-order chi connectivity index (χ1) is 9.20. The fraction of sp³-hybridized carbons (Fsp3) is 0.769. The molecule has 3 N–H and O–H groups in total. The van der Waals surface area contributed by atoms with Crippen LogP contribution in [-0.4, -0.2) is 33.8 Å². The second-order valence-electron chi connectivity index (χ2n) is 5.17. The number of nitrogens with two attached hydrogens (primary N) is 1. The Hall–Kier alpha value is -1.43. The molecule has 0 saturated carbocycles. The average Bonchev–Trinajstić information content (AvgIpc) is 2.82. The van der Waals surface area contributed by atoms with Gasteiger partial charge in [-0.2, -0.15) is 0 Å². The molecule has 0 unspecified atom stereocenters. The van der Waals surface area contributed by atoms with Crippen molar-refractivity contribution in [3.63, 3.8) is 0 Å². The van der Waals surface area contributed by atoms with Crippen LogP contribution in [0.1, 0.15) is 49.1 Å². The zero-order valence-corrected chi connectivity index (χ0v) is 11.6. The number of rotatable bonds is 6. The summed E-state index contributed by atoms with van der Waals surface area (Å²) in [5.74, 6) is 1.23. The lowest BCUT2D eigenvalue weighted by atomic mass is 9.95. The molecule has 0 bridgehead atoms. The van der Waals surface area contributed by atoms with E-state index in [2.05, 4.69) is 22.3 Å². The van der Waals surface area contributed by atoms with Crippen molar-refractivity contribution in [2.45, 2.75) is 45.6 Å². The van der Waals surface area contributed by atoms with E-state index < -0.39 is 5.91 Å². The summed E-state index contributed by atoms with van der Waals surface area (Å²) >= 11 is 0. The predicted molar refractivity (Wildman–Crippen MR) is 72.7 cm³/mol. The summed E-state index contributed by atoms with van der Waals surface area (Å²) < 4.78 is 1.87. The van der Waals surface area contributed by atoms with E-state index >= 15 is 0 Å². The maximum absolute atomic E-state index is 11.2. The molecule has 1 saturated heterocycles. The van der Waals surface area contributed by atoms with Gasteiger partial charge in [0.2, 0.25) is 5.82 Å². The van der Waals surface area contributed by atoms with Gasteiger partial charge in [-0.05, 0) is 44.7 Å². The van der Waals surface area contributed by atoms with Crippen LogP contribution in [0.5, 0.6) is 0 Å². The maximum atomic E-state index is 11.2.